The fourth-order valence-corrected chi connectivity index (χ4v) is 3.95. The Hall–Kier alpha value is -3.60. The fraction of sp³-hybridized carbons (Fsp3) is 0.231. The lowest BCUT2D eigenvalue weighted by atomic mass is 9.80. The van der Waals surface area contributed by atoms with E-state index in [1.165, 1.54) is 0 Å². The summed E-state index contributed by atoms with van der Waals surface area (Å²) in [6, 6.07) is 22.0. The molecule has 5 heteroatoms. The molecule has 158 valence electrons. The zero-order valence-electron chi connectivity index (χ0n) is 17.9. The summed E-state index contributed by atoms with van der Waals surface area (Å²) in [6.07, 6.45) is 0. The molecule has 1 unspecified atom stereocenters. The standard InChI is InChI=1S/C26H25NO4/c1-4-29-17(3)27-25-24(26(28)30-5-2)22(19-12-7-6-8-13-19)23-20-14-10-9-11-18(20)15-16-21(23)31-25/h6-16,22H,4-5H2,1-3H3/b27-17+. The second kappa shape index (κ2) is 9.04. The molecule has 1 atom stereocenters. The minimum absolute atomic E-state index is 0.209. The van der Waals surface area contributed by atoms with Gasteiger partial charge in [0.1, 0.15) is 11.3 Å². The Kier molecular flexibility index (Phi) is 6.03. The number of carbonyl (C=O) groups excluding carboxylic acids is 1. The highest BCUT2D eigenvalue weighted by Gasteiger charge is 2.37. The van der Waals surface area contributed by atoms with E-state index in [2.05, 4.69) is 17.1 Å². The molecule has 0 N–H and O–H groups in total. The fourth-order valence-electron chi connectivity index (χ4n) is 3.95. The molecular formula is C26H25NO4. The highest BCUT2D eigenvalue weighted by Crippen LogP contribution is 2.47. The van der Waals surface area contributed by atoms with E-state index >= 15 is 0 Å². The van der Waals surface area contributed by atoms with Gasteiger partial charge in [-0.3, -0.25) is 0 Å². The van der Waals surface area contributed by atoms with E-state index in [1.54, 1.807) is 13.8 Å². The predicted octanol–water partition coefficient (Wildman–Crippen LogP) is 5.59. The maximum Gasteiger partial charge on any atom is 0.340 e. The second-order valence-corrected chi connectivity index (χ2v) is 7.15. The van der Waals surface area contributed by atoms with Crippen LogP contribution in [0.25, 0.3) is 10.8 Å². The van der Waals surface area contributed by atoms with Gasteiger partial charge < -0.3 is 14.2 Å². The van der Waals surface area contributed by atoms with Crippen LogP contribution in [0.1, 0.15) is 37.8 Å². The summed E-state index contributed by atoms with van der Waals surface area (Å²) in [5.74, 6) is 0.473. The average molecular weight is 415 g/mol. The van der Waals surface area contributed by atoms with E-state index in [4.69, 9.17) is 14.2 Å². The Bertz CT molecular complexity index is 1160. The minimum atomic E-state index is -0.446. The van der Waals surface area contributed by atoms with Gasteiger partial charge in [0.25, 0.3) is 0 Å². The zero-order valence-corrected chi connectivity index (χ0v) is 17.9. The van der Waals surface area contributed by atoms with Crippen molar-refractivity contribution in [3.05, 3.63) is 89.3 Å². The minimum Gasteiger partial charge on any atom is -0.481 e. The number of nitrogens with zero attached hydrogens (tertiary/aromatic N) is 1. The molecule has 0 saturated heterocycles. The molecule has 0 spiro atoms. The molecule has 5 nitrogen and oxygen atoms in total. The summed E-state index contributed by atoms with van der Waals surface area (Å²) >= 11 is 0. The van der Waals surface area contributed by atoms with E-state index in [0.29, 0.717) is 23.8 Å². The van der Waals surface area contributed by atoms with Gasteiger partial charge in [0, 0.05) is 12.5 Å². The number of ether oxygens (including phenoxy) is 3. The van der Waals surface area contributed by atoms with Crippen molar-refractivity contribution in [2.45, 2.75) is 26.7 Å². The molecule has 0 radical (unpaired) electrons. The topological polar surface area (TPSA) is 57.1 Å². The monoisotopic (exact) mass is 415 g/mol. The van der Waals surface area contributed by atoms with Crippen LogP contribution in [0.4, 0.5) is 0 Å². The first kappa shape index (κ1) is 20.7. The third-order valence-corrected chi connectivity index (χ3v) is 5.19. The Morgan fingerprint density at radius 3 is 2.39 bits per heavy atom. The van der Waals surface area contributed by atoms with E-state index in [9.17, 15) is 4.79 Å². The van der Waals surface area contributed by atoms with Crippen LogP contribution in [0, 0.1) is 0 Å². The molecule has 1 aliphatic heterocycles. The number of hydrogen-bond donors (Lipinski definition) is 0. The molecular weight excluding hydrogens is 390 g/mol. The Labute approximate surface area is 182 Å². The highest BCUT2D eigenvalue weighted by atomic mass is 16.5. The molecule has 0 saturated carbocycles. The summed E-state index contributed by atoms with van der Waals surface area (Å²) in [7, 11) is 0. The van der Waals surface area contributed by atoms with Crippen LogP contribution in [-0.4, -0.2) is 25.1 Å². The molecule has 0 aliphatic carbocycles. The lowest BCUT2D eigenvalue weighted by molar-refractivity contribution is -0.139. The Morgan fingerprint density at radius 1 is 0.935 bits per heavy atom. The van der Waals surface area contributed by atoms with Gasteiger partial charge in [0.2, 0.25) is 5.88 Å². The molecule has 0 fully saturated rings. The van der Waals surface area contributed by atoms with Crippen molar-refractivity contribution in [1.29, 1.82) is 0 Å². The van der Waals surface area contributed by atoms with Crippen molar-refractivity contribution in [2.24, 2.45) is 4.99 Å². The van der Waals surface area contributed by atoms with Crippen LogP contribution in [0.5, 0.6) is 5.75 Å². The number of aliphatic imine (C=N–C) groups is 1. The first-order valence-electron chi connectivity index (χ1n) is 10.5. The van der Waals surface area contributed by atoms with Gasteiger partial charge >= 0.3 is 5.97 Å². The molecule has 31 heavy (non-hydrogen) atoms. The molecule has 3 aromatic rings. The Morgan fingerprint density at radius 2 is 1.65 bits per heavy atom. The quantitative estimate of drug-likeness (QED) is 0.309. The maximum atomic E-state index is 13.2. The first-order chi connectivity index (χ1) is 15.1. The van der Waals surface area contributed by atoms with Crippen molar-refractivity contribution < 1.29 is 19.0 Å². The van der Waals surface area contributed by atoms with Crippen molar-refractivity contribution in [2.75, 3.05) is 13.2 Å². The van der Waals surface area contributed by atoms with Gasteiger partial charge in [0.05, 0.1) is 19.1 Å². The van der Waals surface area contributed by atoms with Gasteiger partial charge in [0.15, 0.2) is 5.90 Å². The van der Waals surface area contributed by atoms with E-state index < -0.39 is 5.97 Å². The predicted molar refractivity (Wildman–Crippen MR) is 121 cm³/mol. The molecule has 3 aromatic carbocycles. The number of hydrogen-bond acceptors (Lipinski definition) is 5. The number of benzene rings is 3. The summed E-state index contributed by atoms with van der Waals surface area (Å²) in [5.41, 5.74) is 2.27. The van der Waals surface area contributed by atoms with E-state index in [1.807, 2.05) is 61.5 Å². The molecule has 4 rings (SSSR count). The van der Waals surface area contributed by atoms with Crippen molar-refractivity contribution in [1.82, 2.24) is 0 Å². The van der Waals surface area contributed by atoms with Gasteiger partial charge in [-0.15, -0.1) is 0 Å². The first-order valence-corrected chi connectivity index (χ1v) is 10.5. The van der Waals surface area contributed by atoms with E-state index in [-0.39, 0.29) is 18.4 Å². The van der Waals surface area contributed by atoms with Crippen molar-refractivity contribution in [3.8, 4) is 5.75 Å². The Balaban J connectivity index is 2.02. The third-order valence-electron chi connectivity index (χ3n) is 5.19. The number of rotatable bonds is 5. The van der Waals surface area contributed by atoms with Gasteiger partial charge in [-0.1, -0.05) is 60.7 Å². The zero-order chi connectivity index (χ0) is 21.8. The summed E-state index contributed by atoms with van der Waals surface area (Å²) < 4.78 is 17.2. The molecule has 0 bridgehead atoms. The van der Waals surface area contributed by atoms with Crippen molar-refractivity contribution >= 4 is 22.6 Å². The number of esters is 1. The lowest BCUT2D eigenvalue weighted by Crippen LogP contribution is -2.24. The lowest BCUT2D eigenvalue weighted by Gasteiger charge is -2.29. The normalized spacial score (nSPS) is 16.0. The van der Waals surface area contributed by atoms with Crippen LogP contribution in [0.15, 0.2) is 83.2 Å². The van der Waals surface area contributed by atoms with Crippen molar-refractivity contribution in [3.63, 3.8) is 0 Å². The van der Waals surface area contributed by atoms with Crippen LogP contribution in [0.3, 0.4) is 0 Å². The third kappa shape index (κ3) is 4.04. The van der Waals surface area contributed by atoms with Gasteiger partial charge in [-0.25, -0.2) is 4.79 Å². The maximum absolute atomic E-state index is 13.2. The van der Waals surface area contributed by atoms with E-state index in [0.717, 1.165) is 21.9 Å². The molecule has 0 amide bonds. The number of fused-ring (bicyclic) bond motifs is 3. The number of carbonyl (C=O) groups is 1. The van der Waals surface area contributed by atoms with Gasteiger partial charge in [-0.2, -0.15) is 4.99 Å². The highest BCUT2D eigenvalue weighted by molar-refractivity contribution is 5.97. The van der Waals surface area contributed by atoms with Crippen LogP contribution < -0.4 is 4.74 Å². The second-order valence-electron chi connectivity index (χ2n) is 7.15. The average Bonchev–Trinajstić information content (AvgIpc) is 2.79. The molecule has 1 aliphatic rings. The van der Waals surface area contributed by atoms with Crippen LogP contribution in [-0.2, 0) is 14.3 Å². The summed E-state index contributed by atoms with van der Waals surface area (Å²) in [4.78, 5) is 17.7. The summed E-state index contributed by atoms with van der Waals surface area (Å²) in [5, 5.41) is 2.10. The van der Waals surface area contributed by atoms with Gasteiger partial charge in [-0.05, 0) is 36.2 Å². The molecule has 0 aromatic heterocycles. The SMILES string of the molecule is CCOC(=O)C1=C(/N=C(\C)OCC)Oc2ccc3ccccc3c2C1c1ccccc1. The van der Waals surface area contributed by atoms with Crippen LogP contribution >= 0.6 is 0 Å². The largest absolute Gasteiger partial charge is 0.481 e. The smallest absolute Gasteiger partial charge is 0.340 e. The summed E-state index contributed by atoms with van der Waals surface area (Å²) in [6.45, 7) is 6.15. The molecule has 1 heterocycles. The van der Waals surface area contributed by atoms with Crippen LogP contribution in [0.2, 0.25) is 0 Å².